The average molecular weight is 631 g/mol. The molecule has 0 spiro atoms. The van der Waals surface area contributed by atoms with Crippen molar-refractivity contribution in [1.29, 1.82) is 0 Å². The molecule has 1 aliphatic carbocycles. The van der Waals surface area contributed by atoms with Crippen molar-refractivity contribution >= 4 is 11.8 Å². The molecular weight excluding hydrogens is 600 g/mol. The molecule has 0 fully saturated rings. The Hall–Kier alpha value is -4.46. The van der Waals surface area contributed by atoms with Gasteiger partial charge in [0.2, 0.25) is 5.91 Å². The molecule has 0 aromatic heterocycles. The topological polar surface area (TPSA) is 129 Å². The normalized spacial score (nSPS) is 20.4. The molecular formula is C32H30F4N2O7. The second-order valence-corrected chi connectivity index (χ2v) is 10.7. The summed E-state index contributed by atoms with van der Waals surface area (Å²) in [5.41, 5.74) is 0.353. The number of rotatable bonds is 9. The van der Waals surface area contributed by atoms with Crippen LogP contribution in [0, 0.1) is 5.82 Å². The Labute approximate surface area is 255 Å². The number of methoxy groups -OCH3 is 1. The first kappa shape index (κ1) is 31.9. The van der Waals surface area contributed by atoms with Crippen LogP contribution in [0.2, 0.25) is 0 Å². The monoisotopic (exact) mass is 630 g/mol. The van der Waals surface area contributed by atoms with Crippen LogP contribution in [0.4, 0.5) is 17.6 Å². The standard InChI is InChI=1S/C32H30F4N2O7/c1-44-25-13-18(16-40)12-22-26-23(30(42)37-10-11-39)14-24(27(41)29(26)45-28(22)25)38(15-17-2-8-21(33)9-3-17)31(43)19-4-6-20(7-5-19)32(34,35)36/h2-9,12-14,24,26-27,29,39-41H,10-11,15-16H2,1H3,(H,37,42)/t24-,26+,27+,29+/m1/s1. The molecule has 1 heterocycles. The van der Waals surface area contributed by atoms with Crippen LogP contribution < -0.4 is 14.8 Å². The lowest BCUT2D eigenvalue weighted by Crippen LogP contribution is -2.55. The Kier molecular flexibility index (Phi) is 9.14. The highest BCUT2D eigenvalue weighted by molar-refractivity contribution is 5.97. The molecule has 0 radical (unpaired) electrons. The third-order valence-corrected chi connectivity index (χ3v) is 7.84. The summed E-state index contributed by atoms with van der Waals surface area (Å²) in [6.45, 7) is -1.03. The summed E-state index contributed by atoms with van der Waals surface area (Å²) in [6, 6.07) is 10.7. The Bertz CT molecular complexity index is 1590. The number of carbonyl (C=O) groups excluding carboxylic acids is 2. The van der Waals surface area contributed by atoms with Crippen LogP contribution >= 0.6 is 0 Å². The number of benzene rings is 3. The summed E-state index contributed by atoms with van der Waals surface area (Å²) >= 11 is 0. The zero-order valence-corrected chi connectivity index (χ0v) is 23.9. The molecule has 9 nitrogen and oxygen atoms in total. The summed E-state index contributed by atoms with van der Waals surface area (Å²) in [6.07, 6.45) is -5.85. The van der Waals surface area contributed by atoms with Crippen LogP contribution in [-0.2, 0) is 24.1 Å². The predicted octanol–water partition coefficient (Wildman–Crippen LogP) is 3.31. The van der Waals surface area contributed by atoms with E-state index in [-0.39, 0.29) is 48.9 Å². The van der Waals surface area contributed by atoms with Crippen LogP contribution in [0.5, 0.6) is 11.5 Å². The van der Waals surface area contributed by atoms with Gasteiger partial charge in [0, 0.05) is 29.8 Å². The van der Waals surface area contributed by atoms with Crippen molar-refractivity contribution in [2.24, 2.45) is 0 Å². The number of nitrogens with zero attached hydrogens (tertiary/aromatic N) is 1. The summed E-state index contributed by atoms with van der Waals surface area (Å²) in [4.78, 5) is 28.7. The third-order valence-electron chi connectivity index (χ3n) is 7.84. The smallest absolute Gasteiger partial charge is 0.416 e. The van der Waals surface area contributed by atoms with Gasteiger partial charge in [-0.1, -0.05) is 12.1 Å². The number of aliphatic hydroxyl groups is 3. The molecule has 0 saturated heterocycles. The highest BCUT2D eigenvalue weighted by Gasteiger charge is 2.51. The molecule has 0 unspecified atom stereocenters. The van der Waals surface area contributed by atoms with E-state index in [1.54, 1.807) is 12.1 Å². The first-order valence-electron chi connectivity index (χ1n) is 14.0. The summed E-state index contributed by atoms with van der Waals surface area (Å²) in [5.74, 6) is -2.32. The molecule has 5 rings (SSSR count). The third kappa shape index (κ3) is 6.37. The molecule has 13 heteroatoms. The second kappa shape index (κ2) is 12.9. The molecule has 4 atom stereocenters. The maximum Gasteiger partial charge on any atom is 0.416 e. The number of hydrogen-bond acceptors (Lipinski definition) is 7. The summed E-state index contributed by atoms with van der Waals surface area (Å²) in [5, 5.41) is 33.5. The number of ether oxygens (including phenoxy) is 2. The number of carbonyl (C=O) groups is 2. The van der Waals surface area contributed by atoms with Crippen molar-refractivity contribution in [3.63, 3.8) is 0 Å². The largest absolute Gasteiger partial charge is 0.493 e. The predicted molar refractivity (Wildman–Crippen MR) is 152 cm³/mol. The number of aliphatic hydroxyl groups excluding tert-OH is 3. The van der Waals surface area contributed by atoms with Crippen LogP contribution in [0.25, 0.3) is 0 Å². The molecule has 3 aromatic rings. The van der Waals surface area contributed by atoms with Gasteiger partial charge in [-0.05, 0) is 65.7 Å². The van der Waals surface area contributed by atoms with Gasteiger partial charge < -0.3 is 35.0 Å². The van der Waals surface area contributed by atoms with E-state index in [0.29, 0.717) is 16.7 Å². The van der Waals surface area contributed by atoms with Gasteiger partial charge in [-0.2, -0.15) is 13.2 Å². The van der Waals surface area contributed by atoms with Gasteiger partial charge in [0.25, 0.3) is 5.91 Å². The van der Waals surface area contributed by atoms with E-state index in [4.69, 9.17) is 9.47 Å². The van der Waals surface area contributed by atoms with Crippen LogP contribution in [0.3, 0.4) is 0 Å². The number of fused-ring (bicyclic) bond motifs is 3. The molecule has 1 aliphatic heterocycles. The van der Waals surface area contributed by atoms with E-state index in [9.17, 15) is 42.5 Å². The van der Waals surface area contributed by atoms with E-state index in [2.05, 4.69) is 5.32 Å². The molecule has 2 amide bonds. The minimum absolute atomic E-state index is 0.0870. The fraction of sp³-hybridized carbons (Fsp3) is 0.312. The maximum absolute atomic E-state index is 14.0. The minimum Gasteiger partial charge on any atom is -0.493 e. The zero-order chi connectivity index (χ0) is 32.5. The minimum atomic E-state index is -4.63. The Morgan fingerprint density at radius 2 is 1.71 bits per heavy atom. The van der Waals surface area contributed by atoms with E-state index < -0.39 is 53.5 Å². The molecule has 0 saturated carbocycles. The van der Waals surface area contributed by atoms with Gasteiger partial charge in [-0.3, -0.25) is 9.59 Å². The molecule has 0 bridgehead atoms. The SMILES string of the molecule is COc1cc(CO)cc2c1O[C@@H]1[C@@H](O)[C@H](N(Cc3ccc(F)cc3)C(=O)c3ccc(C(F)(F)F)cc3)C=C(C(=O)NCCO)[C@H]21. The number of halogens is 4. The van der Waals surface area contributed by atoms with Crippen molar-refractivity contribution in [2.45, 2.75) is 43.5 Å². The van der Waals surface area contributed by atoms with E-state index in [1.165, 1.54) is 42.4 Å². The van der Waals surface area contributed by atoms with Gasteiger partial charge in [-0.25, -0.2) is 4.39 Å². The lowest BCUT2D eigenvalue weighted by atomic mass is 9.77. The van der Waals surface area contributed by atoms with Gasteiger partial charge in [0.1, 0.15) is 18.0 Å². The number of amides is 2. The van der Waals surface area contributed by atoms with Crippen molar-refractivity contribution < 1.29 is 51.9 Å². The van der Waals surface area contributed by atoms with Gasteiger partial charge in [0.15, 0.2) is 11.5 Å². The Morgan fingerprint density at radius 1 is 1.02 bits per heavy atom. The highest BCUT2D eigenvalue weighted by Crippen LogP contribution is 2.51. The van der Waals surface area contributed by atoms with E-state index >= 15 is 0 Å². The molecule has 3 aromatic carbocycles. The molecule has 45 heavy (non-hydrogen) atoms. The number of hydrogen-bond donors (Lipinski definition) is 4. The highest BCUT2D eigenvalue weighted by atomic mass is 19.4. The van der Waals surface area contributed by atoms with Crippen molar-refractivity contribution in [3.8, 4) is 11.5 Å². The quantitative estimate of drug-likeness (QED) is 0.267. The average Bonchev–Trinajstić information content (AvgIpc) is 3.42. The Morgan fingerprint density at radius 3 is 2.31 bits per heavy atom. The van der Waals surface area contributed by atoms with Crippen LogP contribution in [0.1, 0.15) is 38.5 Å². The molecule has 238 valence electrons. The van der Waals surface area contributed by atoms with Crippen LogP contribution in [-0.4, -0.2) is 70.5 Å². The fourth-order valence-corrected chi connectivity index (χ4v) is 5.69. The first-order valence-corrected chi connectivity index (χ1v) is 14.0. The Balaban J connectivity index is 1.62. The number of alkyl halides is 3. The van der Waals surface area contributed by atoms with Gasteiger partial charge in [-0.15, -0.1) is 0 Å². The second-order valence-electron chi connectivity index (χ2n) is 10.7. The summed E-state index contributed by atoms with van der Waals surface area (Å²) < 4.78 is 65.0. The first-order chi connectivity index (χ1) is 21.5. The van der Waals surface area contributed by atoms with Gasteiger partial charge >= 0.3 is 6.18 Å². The van der Waals surface area contributed by atoms with E-state index in [1.807, 2.05) is 0 Å². The van der Waals surface area contributed by atoms with Crippen molar-refractivity contribution in [2.75, 3.05) is 20.3 Å². The lowest BCUT2D eigenvalue weighted by Gasteiger charge is -2.40. The van der Waals surface area contributed by atoms with Crippen molar-refractivity contribution in [3.05, 3.63) is 106 Å². The fourth-order valence-electron chi connectivity index (χ4n) is 5.69. The maximum atomic E-state index is 14.0. The molecule has 2 aliphatic rings. The zero-order valence-electron chi connectivity index (χ0n) is 23.9. The van der Waals surface area contributed by atoms with Gasteiger partial charge in [0.05, 0.1) is 37.8 Å². The lowest BCUT2D eigenvalue weighted by molar-refractivity contribution is -0.137. The number of nitrogens with one attached hydrogen (secondary N) is 1. The van der Waals surface area contributed by atoms with Crippen LogP contribution in [0.15, 0.2) is 72.3 Å². The summed E-state index contributed by atoms with van der Waals surface area (Å²) in [7, 11) is 1.39. The van der Waals surface area contributed by atoms with E-state index in [0.717, 1.165) is 24.3 Å². The van der Waals surface area contributed by atoms with Crippen molar-refractivity contribution in [1.82, 2.24) is 10.2 Å². The molecule has 4 N–H and O–H groups in total.